The van der Waals surface area contributed by atoms with Gasteiger partial charge in [0.05, 0.1) is 31.4 Å². The number of pyridine rings is 1. The van der Waals surface area contributed by atoms with Crippen LogP contribution in [0.15, 0.2) is 37.1 Å². The van der Waals surface area contributed by atoms with E-state index in [1.54, 1.807) is 6.20 Å². The fourth-order valence-electron chi connectivity index (χ4n) is 2.17. The molecule has 2 aromatic heterocycles. The van der Waals surface area contributed by atoms with Crippen molar-refractivity contribution >= 4 is 0 Å². The van der Waals surface area contributed by atoms with E-state index in [1.807, 2.05) is 24.8 Å². The molecule has 0 spiro atoms. The van der Waals surface area contributed by atoms with E-state index < -0.39 is 0 Å². The first-order valence-electron chi connectivity index (χ1n) is 6.15. The van der Waals surface area contributed by atoms with Crippen LogP contribution >= 0.6 is 0 Å². The van der Waals surface area contributed by atoms with Crippen molar-refractivity contribution in [2.75, 3.05) is 19.7 Å². The van der Waals surface area contributed by atoms with Crippen molar-refractivity contribution in [1.82, 2.24) is 19.9 Å². The fraction of sp³-hybridized carbons (Fsp3) is 0.385. The number of nitrogens with one attached hydrogen (secondary N) is 1. The van der Waals surface area contributed by atoms with Crippen LogP contribution in [0, 0.1) is 0 Å². The van der Waals surface area contributed by atoms with Gasteiger partial charge in [0, 0.05) is 25.5 Å². The van der Waals surface area contributed by atoms with Crippen LogP contribution < -0.4 is 5.32 Å². The summed E-state index contributed by atoms with van der Waals surface area (Å²) in [6.45, 7) is 3.30. The summed E-state index contributed by atoms with van der Waals surface area (Å²) in [5.74, 6) is 0. The van der Waals surface area contributed by atoms with Gasteiger partial charge in [0.2, 0.25) is 0 Å². The molecule has 2 aromatic rings. The van der Waals surface area contributed by atoms with Gasteiger partial charge in [-0.3, -0.25) is 4.98 Å². The van der Waals surface area contributed by atoms with Gasteiger partial charge in [-0.15, -0.1) is 0 Å². The number of nitrogens with zero attached hydrogens (tertiary/aromatic N) is 3. The molecule has 3 heterocycles. The fourth-order valence-corrected chi connectivity index (χ4v) is 2.17. The maximum atomic E-state index is 5.76. The molecule has 1 aliphatic heterocycles. The van der Waals surface area contributed by atoms with Gasteiger partial charge in [-0.25, -0.2) is 4.98 Å². The Morgan fingerprint density at radius 3 is 3.17 bits per heavy atom. The van der Waals surface area contributed by atoms with E-state index in [-0.39, 0.29) is 6.10 Å². The molecular formula is C13H16N4O. The van der Waals surface area contributed by atoms with E-state index in [9.17, 15) is 0 Å². The minimum Gasteiger partial charge on any atom is -0.369 e. The molecule has 0 amide bonds. The topological polar surface area (TPSA) is 52.0 Å². The average molecular weight is 244 g/mol. The number of aromatic nitrogens is 3. The highest BCUT2D eigenvalue weighted by atomic mass is 16.5. The summed E-state index contributed by atoms with van der Waals surface area (Å²) in [5.41, 5.74) is 2.28. The molecule has 1 saturated heterocycles. The predicted molar refractivity (Wildman–Crippen MR) is 67.1 cm³/mol. The molecule has 18 heavy (non-hydrogen) atoms. The quantitative estimate of drug-likeness (QED) is 0.874. The molecule has 0 aliphatic carbocycles. The number of hydrogen-bond donors (Lipinski definition) is 1. The minimum atomic E-state index is 0.0953. The Hall–Kier alpha value is -1.72. The van der Waals surface area contributed by atoms with Crippen molar-refractivity contribution < 1.29 is 4.74 Å². The Kier molecular flexibility index (Phi) is 3.34. The molecule has 0 saturated carbocycles. The zero-order valence-corrected chi connectivity index (χ0v) is 10.1. The standard InChI is InChI=1S/C13H16N4O/c1-2-11(6-14-3-1)9-17-10-16-7-12(17)13-8-15-4-5-18-13/h1-3,6-7,10,13,15H,4-5,8-9H2. The van der Waals surface area contributed by atoms with Crippen LogP contribution in [-0.2, 0) is 11.3 Å². The molecule has 5 nitrogen and oxygen atoms in total. The van der Waals surface area contributed by atoms with Crippen LogP contribution in [0.1, 0.15) is 17.4 Å². The molecule has 1 atom stereocenters. The molecule has 1 aliphatic rings. The third-order valence-electron chi connectivity index (χ3n) is 3.08. The first kappa shape index (κ1) is 11.4. The summed E-state index contributed by atoms with van der Waals surface area (Å²) in [6.07, 6.45) is 7.49. The number of morpholine rings is 1. The van der Waals surface area contributed by atoms with Crippen LogP contribution in [0.25, 0.3) is 0 Å². The summed E-state index contributed by atoms with van der Waals surface area (Å²) in [6, 6.07) is 4.02. The van der Waals surface area contributed by atoms with E-state index in [0.717, 1.165) is 31.9 Å². The van der Waals surface area contributed by atoms with Gasteiger partial charge >= 0.3 is 0 Å². The maximum Gasteiger partial charge on any atom is 0.111 e. The summed E-state index contributed by atoms with van der Waals surface area (Å²) >= 11 is 0. The molecule has 1 fully saturated rings. The zero-order valence-electron chi connectivity index (χ0n) is 10.1. The van der Waals surface area contributed by atoms with Gasteiger partial charge in [-0.1, -0.05) is 6.07 Å². The smallest absolute Gasteiger partial charge is 0.111 e. The second kappa shape index (κ2) is 5.29. The van der Waals surface area contributed by atoms with Crippen molar-refractivity contribution in [1.29, 1.82) is 0 Å². The van der Waals surface area contributed by atoms with Crippen LogP contribution in [0.3, 0.4) is 0 Å². The number of rotatable bonds is 3. The summed E-state index contributed by atoms with van der Waals surface area (Å²) in [7, 11) is 0. The Balaban J connectivity index is 1.78. The lowest BCUT2D eigenvalue weighted by Gasteiger charge is -2.24. The van der Waals surface area contributed by atoms with E-state index in [4.69, 9.17) is 4.74 Å². The monoisotopic (exact) mass is 244 g/mol. The average Bonchev–Trinajstić information content (AvgIpc) is 2.89. The predicted octanol–water partition coefficient (Wildman–Crippen LogP) is 0.987. The molecule has 1 N–H and O–H groups in total. The summed E-state index contributed by atoms with van der Waals surface area (Å²) in [4.78, 5) is 8.36. The van der Waals surface area contributed by atoms with E-state index in [1.165, 1.54) is 5.56 Å². The SMILES string of the molecule is c1cncc(Cn2cncc2C2CNCCO2)c1. The van der Waals surface area contributed by atoms with Crippen LogP contribution in [0.2, 0.25) is 0 Å². The van der Waals surface area contributed by atoms with Crippen molar-refractivity contribution in [2.24, 2.45) is 0 Å². The zero-order chi connectivity index (χ0) is 12.2. The first-order valence-corrected chi connectivity index (χ1v) is 6.15. The molecule has 1 unspecified atom stereocenters. The Morgan fingerprint density at radius 2 is 2.39 bits per heavy atom. The molecule has 94 valence electrons. The second-order valence-corrected chi connectivity index (χ2v) is 4.37. The van der Waals surface area contributed by atoms with Crippen molar-refractivity contribution in [3.63, 3.8) is 0 Å². The molecule has 0 aromatic carbocycles. The van der Waals surface area contributed by atoms with E-state index in [0.29, 0.717) is 0 Å². The molecule has 5 heteroatoms. The van der Waals surface area contributed by atoms with Crippen molar-refractivity contribution in [3.8, 4) is 0 Å². The highest BCUT2D eigenvalue weighted by Gasteiger charge is 2.19. The van der Waals surface area contributed by atoms with Gasteiger partial charge in [0.25, 0.3) is 0 Å². The highest BCUT2D eigenvalue weighted by Crippen LogP contribution is 2.19. The summed E-state index contributed by atoms with van der Waals surface area (Å²) < 4.78 is 7.88. The first-order chi connectivity index (χ1) is 8.93. The van der Waals surface area contributed by atoms with Gasteiger partial charge in [0.15, 0.2) is 0 Å². The maximum absolute atomic E-state index is 5.76. The third kappa shape index (κ3) is 2.42. The van der Waals surface area contributed by atoms with E-state index >= 15 is 0 Å². The van der Waals surface area contributed by atoms with Crippen LogP contribution in [-0.4, -0.2) is 34.2 Å². The van der Waals surface area contributed by atoms with Crippen molar-refractivity contribution in [2.45, 2.75) is 12.6 Å². The molecular weight excluding hydrogens is 228 g/mol. The Bertz CT molecular complexity index is 491. The third-order valence-corrected chi connectivity index (χ3v) is 3.08. The number of hydrogen-bond acceptors (Lipinski definition) is 4. The largest absolute Gasteiger partial charge is 0.369 e. The van der Waals surface area contributed by atoms with Crippen LogP contribution in [0.5, 0.6) is 0 Å². The van der Waals surface area contributed by atoms with Crippen molar-refractivity contribution in [3.05, 3.63) is 48.3 Å². The van der Waals surface area contributed by atoms with Gasteiger partial charge in [-0.05, 0) is 11.6 Å². The number of imidazole rings is 1. The van der Waals surface area contributed by atoms with Crippen LogP contribution in [0.4, 0.5) is 0 Å². The lowest BCUT2D eigenvalue weighted by Crippen LogP contribution is -2.34. The molecule has 0 bridgehead atoms. The summed E-state index contributed by atoms with van der Waals surface area (Å²) in [5, 5.41) is 3.34. The highest BCUT2D eigenvalue weighted by molar-refractivity contribution is 5.13. The normalized spacial score (nSPS) is 19.9. The number of ether oxygens (including phenoxy) is 1. The molecule has 0 radical (unpaired) electrons. The van der Waals surface area contributed by atoms with E-state index in [2.05, 4.69) is 25.9 Å². The lowest BCUT2D eigenvalue weighted by atomic mass is 10.2. The lowest BCUT2D eigenvalue weighted by molar-refractivity contribution is 0.0230. The molecule has 3 rings (SSSR count). The minimum absolute atomic E-state index is 0.0953. The Labute approximate surface area is 106 Å². The van der Waals surface area contributed by atoms with Gasteiger partial charge in [-0.2, -0.15) is 0 Å². The second-order valence-electron chi connectivity index (χ2n) is 4.37. The Morgan fingerprint density at radius 1 is 1.39 bits per heavy atom. The van der Waals surface area contributed by atoms with Gasteiger partial charge in [0.1, 0.15) is 6.10 Å². The van der Waals surface area contributed by atoms with Gasteiger partial charge < -0.3 is 14.6 Å².